The van der Waals surface area contributed by atoms with E-state index in [1.165, 1.54) is 0 Å². The number of nitrogens with zero attached hydrogens (tertiary/aromatic N) is 3. The van der Waals surface area contributed by atoms with Gasteiger partial charge in [-0.25, -0.2) is 4.98 Å². The van der Waals surface area contributed by atoms with Crippen LogP contribution < -0.4 is 4.90 Å². The van der Waals surface area contributed by atoms with Crippen LogP contribution in [0.5, 0.6) is 0 Å². The fourth-order valence-electron chi connectivity index (χ4n) is 3.09. The molecule has 5 nitrogen and oxygen atoms in total. The van der Waals surface area contributed by atoms with Crippen LogP contribution in [0, 0.1) is 19.3 Å². The molecular weight excluding hydrogens is 254 g/mol. The van der Waals surface area contributed by atoms with Gasteiger partial charge in [-0.3, -0.25) is 4.98 Å². The SMILES string of the molecule is CCC[C@]1(CO)CCN(c2nc(C)cnc2C)C[C@@H]1O. The molecule has 2 heterocycles. The zero-order valence-electron chi connectivity index (χ0n) is 12.6. The van der Waals surface area contributed by atoms with E-state index in [-0.39, 0.29) is 12.0 Å². The number of aliphatic hydroxyl groups excluding tert-OH is 2. The molecule has 0 saturated carbocycles. The van der Waals surface area contributed by atoms with Gasteiger partial charge in [0.1, 0.15) is 5.82 Å². The number of anilines is 1. The standard InChI is InChI=1S/C15H25N3O2/c1-4-5-15(10-19)6-7-18(9-13(15)20)14-12(3)16-8-11(2)17-14/h8,13,19-20H,4-7,9-10H2,1-3H3/t13-,15+/m0/s1. The van der Waals surface area contributed by atoms with Crippen molar-refractivity contribution in [2.75, 3.05) is 24.6 Å². The van der Waals surface area contributed by atoms with Gasteiger partial charge in [0.05, 0.1) is 24.1 Å². The number of aliphatic hydroxyl groups is 2. The minimum absolute atomic E-state index is 0.0499. The molecule has 0 spiro atoms. The van der Waals surface area contributed by atoms with Gasteiger partial charge < -0.3 is 15.1 Å². The molecule has 0 radical (unpaired) electrons. The second-order valence-corrected chi connectivity index (χ2v) is 5.90. The lowest BCUT2D eigenvalue weighted by Gasteiger charge is -2.45. The highest BCUT2D eigenvalue weighted by molar-refractivity contribution is 5.44. The molecule has 0 amide bonds. The summed E-state index contributed by atoms with van der Waals surface area (Å²) >= 11 is 0. The Morgan fingerprint density at radius 3 is 2.80 bits per heavy atom. The van der Waals surface area contributed by atoms with Gasteiger partial charge in [-0.15, -0.1) is 0 Å². The molecule has 5 heteroatoms. The smallest absolute Gasteiger partial charge is 0.150 e. The summed E-state index contributed by atoms with van der Waals surface area (Å²) < 4.78 is 0. The van der Waals surface area contributed by atoms with Crippen LogP contribution in [-0.4, -0.2) is 46.0 Å². The van der Waals surface area contributed by atoms with Gasteiger partial charge in [0.15, 0.2) is 0 Å². The third kappa shape index (κ3) is 2.79. The molecule has 0 aromatic carbocycles. The fourth-order valence-corrected chi connectivity index (χ4v) is 3.09. The maximum atomic E-state index is 10.5. The van der Waals surface area contributed by atoms with Crippen LogP contribution in [0.4, 0.5) is 5.82 Å². The van der Waals surface area contributed by atoms with Gasteiger partial charge in [0, 0.05) is 24.7 Å². The molecule has 1 fully saturated rings. The third-order valence-electron chi connectivity index (χ3n) is 4.39. The molecule has 1 aromatic rings. The Morgan fingerprint density at radius 2 is 2.20 bits per heavy atom. The van der Waals surface area contributed by atoms with Crippen LogP contribution in [0.3, 0.4) is 0 Å². The van der Waals surface area contributed by atoms with E-state index in [9.17, 15) is 10.2 Å². The van der Waals surface area contributed by atoms with E-state index in [0.29, 0.717) is 6.54 Å². The van der Waals surface area contributed by atoms with Crippen molar-refractivity contribution >= 4 is 5.82 Å². The van der Waals surface area contributed by atoms with Crippen molar-refractivity contribution in [3.8, 4) is 0 Å². The molecule has 2 rings (SSSR count). The number of aryl methyl sites for hydroxylation is 2. The summed E-state index contributed by atoms with van der Waals surface area (Å²) in [7, 11) is 0. The Bertz CT molecular complexity index is 466. The fraction of sp³-hybridized carbons (Fsp3) is 0.733. The topological polar surface area (TPSA) is 69.5 Å². The van der Waals surface area contributed by atoms with Crippen molar-refractivity contribution in [1.29, 1.82) is 0 Å². The molecular formula is C15H25N3O2. The van der Waals surface area contributed by atoms with Crippen LogP contribution in [0.25, 0.3) is 0 Å². The van der Waals surface area contributed by atoms with Gasteiger partial charge in [-0.1, -0.05) is 13.3 Å². The molecule has 1 aliphatic rings. The Morgan fingerprint density at radius 1 is 1.45 bits per heavy atom. The van der Waals surface area contributed by atoms with E-state index in [0.717, 1.165) is 43.0 Å². The van der Waals surface area contributed by atoms with Gasteiger partial charge in [0.2, 0.25) is 0 Å². The van der Waals surface area contributed by atoms with Gasteiger partial charge in [-0.05, 0) is 26.7 Å². The van der Waals surface area contributed by atoms with Crippen molar-refractivity contribution < 1.29 is 10.2 Å². The van der Waals surface area contributed by atoms with Crippen molar-refractivity contribution in [3.63, 3.8) is 0 Å². The first-order valence-corrected chi connectivity index (χ1v) is 7.36. The number of rotatable bonds is 4. The summed E-state index contributed by atoms with van der Waals surface area (Å²) in [6.07, 6.45) is 3.85. The third-order valence-corrected chi connectivity index (χ3v) is 4.39. The van der Waals surface area contributed by atoms with Gasteiger partial charge in [0.25, 0.3) is 0 Å². The zero-order chi connectivity index (χ0) is 14.8. The minimum Gasteiger partial charge on any atom is -0.396 e. The highest BCUT2D eigenvalue weighted by Crippen LogP contribution is 2.37. The highest BCUT2D eigenvalue weighted by Gasteiger charge is 2.41. The van der Waals surface area contributed by atoms with E-state index >= 15 is 0 Å². The minimum atomic E-state index is -0.525. The molecule has 2 atom stereocenters. The van der Waals surface area contributed by atoms with Crippen molar-refractivity contribution in [3.05, 3.63) is 17.6 Å². The Labute approximate surface area is 120 Å². The first kappa shape index (κ1) is 15.2. The number of hydrogen-bond donors (Lipinski definition) is 2. The van der Waals surface area contributed by atoms with Crippen molar-refractivity contribution in [1.82, 2.24) is 9.97 Å². The van der Waals surface area contributed by atoms with E-state index in [2.05, 4.69) is 21.8 Å². The quantitative estimate of drug-likeness (QED) is 0.873. The molecule has 20 heavy (non-hydrogen) atoms. The van der Waals surface area contributed by atoms with E-state index in [1.54, 1.807) is 6.20 Å². The second-order valence-electron chi connectivity index (χ2n) is 5.90. The van der Waals surface area contributed by atoms with Crippen LogP contribution in [-0.2, 0) is 0 Å². The lowest BCUT2D eigenvalue weighted by molar-refractivity contribution is -0.0372. The average Bonchev–Trinajstić information content (AvgIpc) is 2.44. The van der Waals surface area contributed by atoms with Crippen molar-refractivity contribution in [2.45, 2.75) is 46.1 Å². The van der Waals surface area contributed by atoms with Gasteiger partial charge >= 0.3 is 0 Å². The molecule has 0 bridgehead atoms. The molecule has 1 aromatic heterocycles. The summed E-state index contributed by atoms with van der Waals surface area (Å²) in [6.45, 7) is 7.32. The first-order valence-electron chi connectivity index (χ1n) is 7.36. The summed E-state index contributed by atoms with van der Waals surface area (Å²) in [6, 6.07) is 0. The maximum absolute atomic E-state index is 10.5. The lowest BCUT2D eigenvalue weighted by atomic mass is 9.73. The summed E-state index contributed by atoms with van der Waals surface area (Å²) in [5.41, 5.74) is 1.42. The predicted octanol–water partition coefficient (Wildman–Crippen LogP) is 1.44. The second kappa shape index (κ2) is 6.06. The average molecular weight is 279 g/mol. The number of β-amino-alcohol motifs (C(OH)–C–C–N with tert-alkyl or cyclic N) is 1. The van der Waals surface area contributed by atoms with Gasteiger partial charge in [-0.2, -0.15) is 0 Å². The number of hydrogen-bond acceptors (Lipinski definition) is 5. The number of piperidine rings is 1. The Balaban J connectivity index is 2.18. The molecule has 1 aliphatic heterocycles. The van der Waals surface area contributed by atoms with Crippen molar-refractivity contribution in [2.24, 2.45) is 5.41 Å². The van der Waals surface area contributed by atoms with Crippen LogP contribution in [0.15, 0.2) is 6.20 Å². The lowest BCUT2D eigenvalue weighted by Crippen LogP contribution is -2.53. The molecule has 112 valence electrons. The van der Waals surface area contributed by atoms with E-state index in [1.807, 2.05) is 13.8 Å². The largest absolute Gasteiger partial charge is 0.396 e. The Kier molecular flexibility index (Phi) is 4.60. The summed E-state index contributed by atoms with van der Waals surface area (Å²) in [5.74, 6) is 0.854. The Hall–Kier alpha value is -1.20. The zero-order valence-corrected chi connectivity index (χ0v) is 12.6. The normalized spacial score (nSPS) is 26.9. The number of aromatic nitrogens is 2. The van der Waals surface area contributed by atoms with Crippen LogP contribution in [0.1, 0.15) is 37.6 Å². The monoisotopic (exact) mass is 279 g/mol. The maximum Gasteiger partial charge on any atom is 0.150 e. The van der Waals surface area contributed by atoms with Crippen LogP contribution >= 0.6 is 0 Å². The molecule has 0 aliphatic carbocycles. The van der Waals surface area contributed by atoms with Crippen LogP contribution in [0.2, 0.25) is 0 Å². The highest BCUT2D eigenvalue weighted by atomic mass is 16.3. The summed E-state index contributed by atoms with van der Waals surface area (Å²) in [5, 5.41) is 20.2. The predicted molar refractivity (Wildman–Crippen MR) is 78.8 cm³/mol. The van der Waals surface area contributed by atoms with E-state index in [4.69, 9.17) is 0 Å². The molecule has 2 N–H and O–H groups in total. The molecule has 1 saturated heterocycles. The first-order chi connectivity index (χ1) is 9.52. The van der Waals surface area contributed by atoms with E-state index < -0.39 is 6.10 Å². The summed E-state index contributed by atoms with van der Waals surface area (Å²) in [4.78, 5) is 11.0. The molecule has 0 unspecified atom stereocenters.